The van der Waals surface area contributed by atoms with Crippen molar-refractivity contribution in [1.82, 2.24) is 15.0 Å². The van der Waals surface area contributed by atoms with Crippen molar-refractivity contribution in [2.75, 3.05) is 11.9 Å². The summed E-state index contributed by atoms with van der Waals surface area (Å²) in [4.78, 5) is 13.6. The molecule has 0 fully saturated rings. The van der Waals surface area contributed by atoms with Gasteiger partial charge in [-0.15, -0.1) is 0 Å². The van der Waals surface area contributed by atoms with Crippen LogP contribution in [0.25, 0.3) is 10.9 Å². The number of anilines is 1. The van der Waals surface area contributed by atoms with Crippen molar-refractivity contribution in [3.8, 4) is 0 Å². The van der Waals surface area contributed by atoms with Gasteiger partial charge in [-0.2, -0.15) is 0 Å². The molecule has 106 valence electrons. The van der Waals surface area contributed by atoms with Crippen LogP contribution in [0.5, 0.6) is 0 Å². The van der Waals surface area contributed by atoms with Gasteiger partial charge in [0.2, 0.25) is 0 Å². The smallest absolute Gasteiger partial charge is 0.129 e. The summed E-state index contributed by atoms with van der Waals surface area (Å²) >= 11 is 0. The van der Waals surface area contributed by atoms with Gasteiger partial charge in [0.1, 0.15) is 11.6 Å². The summed E-state index contributed by atoms with van der Waals surface area (Å²) in [6, 6.07) is 14.3. The fraction of sp³-hybridized carbons (Fsp3) is 0.235. The van der Waals surface area contributed by atoms with E-state index in [0.29, 0.717) is 6.42 Å². The molecule has 0 unspecified atom stereocenters. The van der Waals surface area contributed by atoms with Gasteiger partial charge in [0, 0.05) is 30.1 Å². The second kappa shape index (κ2) is 5.87. The lowest BCUT2D eigenvalue weighted by atomic mass is 10.1. The van der Waals surface area contributed by atoms with Crippen LogP contribution in [0.4, 0.5) is 5.82 Å². The van der Waals surface area contributed by atoms with Crippen molar-refractivity contribution >= 4 is 16.7 Å². The zero-order valence-electron chi connectivity index (χ0n) is 12.3. The van der Waals surface area contributed by atoms with Crippen LogP contribution in [0.3, 0.4) is 0 Å². The number of hydrogen-bond donors (Lipinski definition) is 1. The van der Waals surface area contributed by atoms with Crippen LogP contribution < -0.4 is 5.32 Å². The van der Waals surface area contributed by atoms with E-state index in [2.05, 4.69) is 40.4 Å². The Morgan fingerprint density at radius 2 is 1.81 bits per heavy atom. The normalized spacial score (nSPS) is 10.8. The highest BCUT2D eigenvalue weighted by Crippen LogP contribution is 2.15. The highest BCUT2D eigenvalue weighted by molar-refractivity contribution is 5.78. The second-order valence-electron chi connectivity index (χ2n) is 4.99. The predicted octanol–water partition coefficient (Wildman–Crippen LogP) is 3.36. The number of fused-ring (bicyclic) bond motifs is 1. The maximum atomic E-state index is 4.70. The molecule has 0 aliphatic heterocycles. The lowest BCUT2D eigenvalue weighted by Gasteiger charge is -2.07. The van der Waals surface area contributed by atoms with Crippen molar-refractivity contribution < 1.29 is 0 Å². The molecule has 1 aromatic carbocycles. The molecule has 0 saturated carbocycles. The largest absolute Gasteiger partial charge is 0.370 e. The SMILES string of the molecule is CCNc1cc(Cc2ccc3ccccc3n2)nc(C)n1. The first-order chi connectivity index (χ1) is 10.2. The summed E-state index contributed by atoms with van der Waals surface area (Å²) < 4.78 is 0. The monoisotopic (exact) mass is 278 g/mol. The van der Waals surface area contributed by atoms with Gasteiger partial charge in [0.15, 0.2) is 0 Å². The number of aromatic nitrogens is 3. The van der Waals surface area contributed by atoms with E-state index in [1.54, 1.807) is 0 Å². The molecule has 0 amide bonds. The van der Waals surface area contributed by atoms with E-state index in [9.17, 15) is 0 Å². The number of nitrogens with one attached hydrogen (secondary N) is 1. The van der Waals surface area contributed by atoms with E-state index in [-0.39, 0.29) is 0 Å². The summed E-state index contributed by atoms with van der Waals surface area (Å²) in [7, 11) is 0. The van der Waals surface area contributed by atoms with Gasteiger partial charge in [-0.05, 0) is 26.0 Å². The predicted molar refractivity (Wildman–Crippen MR) is 85.5 cm³/mol. The summed E-state index contributed by atoms with van der Waals surface area (Å²) in [5.74, 6) is 1.66. The Hall–Kier alpha value is -2.49. The van der Waals surface area contributed by atoms with Crippen molar-refractivity contribution in [1.29, 1.82) is 0 Å². The average Bonchev–Trinajstić information content (AvgIpc) is 2.47. The van der Waals surface area contributed by atoms with E-state index in [1.165, 1.54) is 0 Å². The highest BCUT2D eigenvalue weighted by atomic mass is 15.0. The van der Waals surface area contributed by atoms with Gasteiger partial charge in [0.05, 0.1) is 11.2 Å². The molecule has 2 aromatic heterocycles. The average molecular weight is 278 g/mol. The number of rotatable bonds is 4. The molecule has 0 aliphatic carbocycles. The number of para-hydroxylation sites is 1. The second-order valence-corrected chi connectivity index (χ2v) is 4.99. The van der Waals surface area contributed by atoms with Crippen LogP contribution in [-0.4, -0.2) is 21.5 Å². The lowest BCUT2D eigenvalue weighted by molar-refractivity contribution is 0.947. The van der Waals surface area contributed by atoms with Gasteiger partial charge in [0.25, 0.3) is 0 Å². The minimum absolute atomic E-state index is 0.715. The van der Waals surface area contributed by atoms with Crippen LogP contribution in [0.1, 0.15) is 24.1 Å². The first kappa shape index (κ1) is 13.5. The Morgan fingerprint density at radius 1 is 0.952 bits per heavy atom. The Kier molecular flexibility index (Phi) is 3.77. The van der Waals surface area contributed by atoms with Crippen LogP contribution in [0.2, 0.25) is 0 Å². The van der Waals surface area contributed by atoms with Gasteiger partial charge >= 0.3 is 0 Å². The lowest BCUT2D eigenvalue weighted by Crippen LogP contribution is -2.05. The summed E-state index contributed by atoms with van der Waals surface area (Å²) in [5.41, 5.74) is 3.03. The minimum atomic E-state index is 0.715. The molecule has 0 aliphatic rings. The zero-order valence-corrected chi connectivity index (χ0v) is 12.3. The number of aryl methyl sites for hydroxylation is 1. The van der Waals surface area contributed by atoms with E-state index in [1.807, 2.05) is 31.2 Å². The molecule has 2 heterocycles. The van der Waals surface area contributed by atoms with Gasteiger partial charge < -0.3 is 5.32 Å². The van der Waals surface area contributed by atoms with E-state index < -0.39 is 0 Å². The Bertz CT molecular complexity index is 768. The standard InChI is InChI=1S/C17H18N4/c1-3-18-17-11-15(19-12(2)20-17)10-14-9-8-13-6-4-5-7-16(13)21-14/h4-9,11H,3,10H2,1-2H3,(H,18,19,20). The summed E-state index contributed by atoms with van der Waals surface area (Å²) in [6.07, 6.45) is 0.715. The van der Waals surface area contributed by atoms with E-state index in [4.69, 9.17) is 4.98 Å². The Balaban J connectivity index is 1.90. The first-order valence-electron chi connectivity index (χ1n) is 7.17. The van der Waals surface area contributed by atoms with Gasteiger partial charge in [-0.1, -0.05) is 24.3 Å². The highest BCUT2D eigenvalue weighted by Gasteiger charge is 2.04. The topological polar surface area (TPSA) is 50.7 Å². The van der Waals surface area contributed by atoms with Crippen LogP contribution in [0.15, 0.2) is 42.5 Å². The van der Waals surface area contributed by atoms with Crippen molar-refractivity contribution in [3.63, 3.8) is 0 Å². The summed E-state index contributed by atoms with van der Waals surface area (Å²) in [5, 5.41) is 4.39. The molecule has 0 bridgehead atoms. The van der Waals surface area contributed by atoms with Crippen LogP contribution >= 0.6 is 0 Å². The number of benzene rings is 1. The number of nitrogens with zero attached hydrogens (tertiary/aromatic N) is 3. The maximum absolute atomic E-state index is 4.70. The molecule has 4 nitrogen and oxygen atoms in total. The molecule has 0 radical (unpaired) electrons. The van der Waals surface area contributed by atoms with Crippen molar-refractivity contribution in [3.05, 3.63) is 59.7 Å². The molecule has 0 spiro atoms. The third kappa shape index (κ3) is 3.16. The molecule has 3 rings (SSSR count). The minimum Gasteiger partial charge on any atom is -0.370 e. The summed E-state index contributed by atoms with van der Waals surface area (Å²) in [6.45, 7) is 4.82. The third-order valence-corrected chi connectivity index (χ3v) is 3.27. The fourth-order valence-electron chi connectivity index (χ4n) is 2.38. The van der Waals surface area contributed by atoms with E-state index in [0.717, 1.165) is 40.5 Å². The molecule has 4 heteroatoms. The molecule has 0 atom stereocenters. The van der Waals surface area contributed by atoms with Crippen LogP contribution in [0, 0.1) is 6.92 Å². The third-order valence-electron chi connectivity index (χ3n) is 3.27. The van der Waals surface area contributed by atoms with E-state index >= 15 is 0 Å². The quantitative estimate of drug-likeness (QED) is 0.795. The van der Waals surface area contributed by atoms with Gasteiger partial charge in [-0.25, -0.2) is 9.97 Å². The Labute approximate surface area is 124 Å². The van der Waals surface area contributed by atoms with Crippen molar-refractivity contribution in [2.24, 2.45) is 0 Å². The fourth-order valence-corrected chi connectivity index (χ4v) is 2.38. The molecular formula is C17H18N4. The number of pyridine rings is 1. The molecular weight excluding hydrogens is 260 g/mol. The maximum Gasteiger partial charge on any atom is 0.129 e. The molecule has 3 aromatic rings. The molecule has 0 saturated heterocycles. The van der Waals surface area contributed by atoms with Crippen LogP contribution in [-0.2, 0) is 6.42 Å². The number of hydrogen-bond acceptors (Lipinski definition) is 4. The Morgan fingerprint density at radius 3 is 2.67 bits per heavy atom. The first-order valence-corrected chi connectivity index (χ1v) is 7.17. The molecule has 1 N–H and O–H groups in total. The van der Waals surface area contributed by atoms with Gasteiger partial charge in [-0.3, -0.25) is 4.98 Å². The zero-order chi connectivity index (χ0) is 14.7. The van der Waals surface area contributed by atoms with Crippen molar-refractivity contribution in [2.45, 2.75) is 20.3 Å². The molecule has 21 heavy (non-hydrogen) atoms.